The zero-order valence-corrected chi connectivity index (χ0v) is 11.6. The summed E-state index contributed by atoms with van der Waals surface area (Å²) in [6.07, 6.45) is 1.01. The number of hydrogen-bond donors (Lipinski definition) is 2. The minimum Gasteiger partial charge on any atom is -0.399 e. The van der Waals surface area contributed by atoms with Gasteiger partial charge in [-0.15, -0.1) is 0 Å². The fourth-order valence-corrected chi connectivity index (χ4v) is 2.18. The van der Waals surface area contributed by atoms with Crippen molar-refractivity contribution in [1.82, 2.24) is 0 Å². The standard InChI is InChI=1S/C17H19N3/c1-13(14-5-3-2-4-6-14)9-10-20-17-8-7-16(19)11-15(17)12-18/h2-8,11,13,20H,9-10,19H2,1H3. The highest BCUT2D eigenvalue weighted by Gasteiger charge is 2.06. The quantitative estimate of drug-likeness (QED) is 0.809. The molecule has 0 fully saturated rings. The summed E-state index contributed by atoms with van der Waals surface area (Å²) in [6.45, 7) is 3.04. The number of nitrogens with zero attached hydrogens (tertiary/aromatic N) is 1. The highest BCUT2D eigenvalue weighted by Crippen LogP contribution is 2.21. The van der Waals surface area contributed by atoms with Crippen LogP contribution in [0.2, 0.25) is 0 Å². The number of hydrogen-bond acceptors (Lipinski definition) is 3. The maximum absolute atomic E-state index is 9.08. The molecule has 3 heteroatoms. The van der Waals surface area contributed by atoms with Gasteiger partial charge in [0.1, 0.15) is 6.07 Å². The summed E-state index contributed by atoms with van der Waals surface area (Å²) < 4.78 is 0. The molecule has 1 unspecified atom stereocenters. The van der Waals surface area contributed by atoms with Crippen molar-refractivity contribution >= 4 is 11.4 Å². The molecule has 0 aliphatic carbocycles. The third-order valence-electron chi connectivity index (χ3n) is 3.43. The maximum atomic E-state index is 9.08. The molecule has 102 valence electrons. The summed E-state index contributed by atoms with van der Waals surface area (Å²) in [7, 11) is 0. The highest BCUT2D eigenvalue weighted by atomic mass is 14.9. The van der Waals surface area contributed by atoms with Gasteiger partial charge in [-0.1, -0.05) is 37.3 Å². The fraction of sp³-hybridized carbons (Fsp3) is 0.235. The van der Waals surface area contributed by atoms with Crippen LogP contribution in [0.5, 0.6) is 0 Å². The molecule has 0 amide bonds. The summed E-state index contributed by atoms with van der Waals surface area (Å²) in [6, 6.07) is 18.0. The third-order valence-corrected chi connectivity index (χ3v) is 3.43. The molecule has 3 N–H and O–H groups in total. The summed E-state index contributed by atoms with van der Waals surface area (Å²) >= 11 is 0. The van der Waals surface area contributed by atoms with Crippen LogP contribution < -0.4 is 11.1 Å². The van der Waals surface area contributed by atoms with Crippen molar-refractivity contribution in [2.75, 3.05) is 17.6 Å². The van der Waals surface area contributed by atoms with Gasteiger partial charge < -0.3 is 11.1 Å². The average molecular weight is 265 g/mol. The van der Waals surface area contributed by atoms with E-state index in [4.69, 9.17) is 11.0 Å². The zero-order chi connectivity index (χ0) is 14.4. The lowest BCUT2D eigenvalue weighted by Crippen LogP contribution is -2.07. The normalized spacial score (nSPS) is 11.6. The van der Waals surface area contributed by atoms with E-state index in [1.807, 2.05) is 18.2 Å². The van der Waals surface area contributed by atoms with Crippen LogP contribution in [0.4, 0.5) is 11.4 Å². The van der Waals surface area contributed by atoms with Gasteiger partial charge in [-0.25, -0.2) is 0 Å². The third kappa shape index (κ3) is 3.52. The first kappa shape index (κ1) is 14.0. The highest BCUT2D eigenvalue weighted by molar-refractivity contribution is 5.62. The largest absolute Gasteiger partial charge is 0.399 e. The second-order valence-electron chi connectivity index (χ2n) is 4.94. The molecule has 0 heterocycles. The monoisotopic (exact) mass is 265 g/mol. The lowest BCUT2D eigenvalue weighted by Gasteiger charge is -2.14. The topological polar surface area (TPSA) is 61.8 Å². The number of anilines is 2. The van der Waals surface area contributed by atoms with Crippen LogP contribution in [0.25, 0.3) is 0 Å². The molecule has 2 aromatic rings. The molecule has 1 atom stereocenters. The van der Waals surface area contributed by atoms with Gasteiger partial charge >= 0.3 is 0 Å². The van der Waals surface area contributed by atoms with Crippen molar-refractivity contribution in [1.29, 1.82) is 5.26 Å². The predicted octanol–water partition coefficient (Wildman–Crippen LogP) is 3.75. The number of nitrogens with two attached hydrogens (primary N) is 1. The Kier molecular flexibility index (Phi) is 4.62. The second-order valence-corrected chi connectivity index (χ2v) is 4.94. The SMILES string of the molecule is CC(CCNc1ccc(N)cc1C#N)c1ccccc1. The molecule has 3 nitrogen and oxygen atoms in total. The van der Waals surface area contributed by atoms with Gasteiger partial charge in [-0.3, -0.25) is 0 Å². The lowest BCUT2D eigenvalue weighted by atomic mass is 9.98. The fourth-order valence-electron chi connectivity index (χ4n) is 2.18. The minimum absolute atomic E-state index is 0.489. The molecule has 2 rings (SSSR count). The Morgan fingerprint density at radius 2 is 1.95 bits per heavy atom. The van der Waals surface area contributed by atoms with Crippen molar-refractivity contribution in [3.05, 3.63) is 59.7 Å². The Hall–Kier alpha value is -2.47. The van der Waals surface area contributed by atoms with Crippen molar-refractivity contribution in [2.45, 2.75) is 19.3 Å². The van der Waals surface area contributed by atoms with Gasteiger partial charge in [0.15, 0.2) is 0 Å². The van der Waals surface area contributed by atoms with Crippen LogP contribution in [-0.4, -0.2) is 6.54 Å². The maximum Gasteiger partial charge on any atom is 0.101 e. The summed E-state index contributed by atoms with van der Waals surface area (Å²) in [4.78, 5) is 0. The molecule has 0 aromatic heterocycles. The molecule has 2 aromatic carbocycles. The van der Waals surface area contributed by atoms with Gasteiger partial charge in [0.25, 0.3) is 0 Å². The molecule has 0 aliphatic heterocycles. The Balaban J connectivity index is 1.92. The van der Waals surface area contributed by atoms with Gasteiger partial charge in [-0.05, 0) is 36.1 Å². The predicted molar refractivity (Wildman–Crippen MR) is 83.5 cm³/mol. The molecular formula is C17H19N3. The molecular weight excluding hydrogens is 246 g/mol. The first-order chi connectivity index (χ1) is 9.70. The summed E-state index contributed by atoms with van der Waals surface area (Å²) in [5, 5.41) is 12.4. The molecule has 0 bridgehead atoms. The van der Waals surface area contributed by atoms with Gasteiger partial charge in [0, 0.05) is 12.2 Å². The first-order valence-corrected chi connectivity index (χ1v) is 6.79. The Bertz CT molecular complexity index is 599. The number of rotatable bonds is 5. The van der Waals surface area contributed by atoms with E-state index < -0.39 is 0 Å². The summed E-state index contributed by atoms with van der Waals surface area (Å²) in [5.74, 6) is 0.489. The van der Waals surface area contributed by atoms with Crippen molar-refractivity contribution < 1.29 is 0 Å². The smallest absolute Gasteiger partial charge is 0.101 e. The van der Waals surface area contributed by atoms with Gasteiger partial charge in [-0.2, -0.15) is 5.26 Å². The van der Waals surface area contributed by atoms with E-state index >= 15 is 0 Å². The zero-order valence-electron chi connectivity index (χ0n) is 11.6. The number of benzene rings is 2. The van der Waals surface area contributed by atoms with E-state index in [0.717, 1.165) is 18.7 Å². The van der Waals surface area contributed by atoms with Gasteiger partial charge in [0.05, 0.1) is 11.3 Å². The van der Waals surface area contributed by atoms with Gasteiger partial charge in [0.2, 0.25) is 0 Å². The Labute approximate surface area is 120 Å². The number of nitriles is 1. The van der Waals surface area contributed by atoms with E-state index in [9.17, 15) is 0 Å². The van der Waals surface area contributed by atoms with Crippen LogP contribution in [0.1, 0.15) is 30.4 Å². The summed E-state index contributed by atoms with van der Waals surface area (Å²) in [5.41, 5.74) is 9.08. The van der Waals surface area contributed by atoms with E-state index in [-0.39, 0.29) is 0 Å². The van der Waals surface area contributed by atoms with Crippen molar-refractivity contribution in [2.24, 2.45) is 0 Å². The number of nitrogen functional groups attached to an aromatic ring is 1. The second kappa shape index (κ2) is 6.63. The minimum atomic E-state index is 0.489. The molecule has 20 heavy (non-hydrogen) atoms. The molecule has 0 radical (unpaired) electrons. The molecule has 0 saturated heterocycles. The van der Waals surface area contributed by atoms with Crippen LogP contribution in [0.15, 0.2) is 48.5 Å². The van der Waals surface area contributed by atoms with Crippen LogP contribution in [-0.2, 0) is 0 Å². The van der Waals surface area contributed by atoms with E-state index in [1.165, 1.54) is 5.56 Å². The average Bonchev–Trinajstić information content (AvgIpc) is 2.49. The van der Waals surface area contributed by atoms with Crippen molar-refractivity contribution in [3.63, 3.8) is 0 Å². The molecule has 0 spiro atoms. The molecule has 0 aliphatic rings. The molecule has 0 saturated carbocycles. The van der Waals surface area contributed by atoms with Crippen LogP contribution >= 0.6 is 0 Å². The van der Waals surface area contributed by atoms with Crippen LogP contribution in [0.3, 0.4) is 0 Å². The first-order valence-electron chi connectivity index (χ1n) is 6.79. The van der Waals surface area contributed by atoms with Crippen molar-refractivity contribution in [3.8, 4) is 6.07 Å². The van der Waals surface area contributed by atoms with E-state index in [0.29, 0.717) is 17.2 Å². The van der Waals surface area contributed by atoms with E-state index in [1.54, 1.807) is 6.07 Å². The Morgan fingerprint density at radius 1 is 1.20 bits per heavy atom. The van der Waals surface area contributed by atoms with E-state index in [2.05, 4.69) is 42.6 Å². The van der Waals surface area contributed by atoms with Crippen LogP contribution in [0, 0.1) is 11.3 Å². The lowest BCUT2D eigenvalue weighted by molar-refractivity contribution is 0.706. The Morgan fingerprint density at radius 3 is 2.65 bits per heavy atom. The number of nitrogens with one attached hydrogen (secondary N) is 1.